The van der Waals surface area contributed by atoms with Crippen LogP contribution in [-0.2, 0) is 22.3 Å². The zero-order valence-corrected chi connectivity index (χ0v) is 18.6. The first-order chi connectivity index (χ1) is 15.1. The van der Waals surface area contributed by atoms with Crippen LogP contribution in [0, 0.1) is 12.8 Å². The lowest BCUT2D eigenvalue weighted by molar-refractivity contribution is -0.126. The summed E-state index contributed by atoms with van der Waals surface area (Å²) in [4.78, 5) is 13.8. The van der Waals surface area contributed by atoms with Gasteiger partial charge in [0.15, 0.2) is 0 Å². The zero-order chi connectivity index (χ0) is 21.6. The number of carbonyl (C=O) groups excluding carboxylic acids is 1. The van der Waals surface area contributed by atoms with Crippen molar-refractivity contribution in [3.63, 3.8) is 0 Å². The van der Waals surface area contributed by atoms with E-state index in [0.717, 1.165) is 34.4 Å². The summed E-state index contributed by atoms with van der Waals surface area (Å²) in [5.74, 6) is -0.154. The van der Waals surface area contributed by atoms with Crippen molar-refractivity contribution in [2.75, 3.05) is 6.54 Å². The first-order valence-electron chi connectivity index (χ1n) is 10.7. The first-order valence-corrected chi connectivity index (χ1v) is 11.8. The number of hydrogen-bond donors (Lipinski definition) is 1. The summed E-state index contributed by atoms with van der Waals surface area (Å²) in [6.45, 7) is 2.97. The average molecular weight is 433 g/mol. The lowest BCUT2D eigenvalue weighted by atomic mass is 9.90. The number of aryl methyl sites for hydroxylation is 1. The Morgan fingerprint density at radius 1 is 0.935 bits per heavy atom. The van der Waals surface area contributed by atoms with Crippen molar-refractivity contribution in [1.29, 1.82) is 0 Å². The van der Waals surface area contributed by atoms with E-state index in [9.17, 15) is 9.00 Å². The van der Waals surface area contributed by atoms with Crippen molar-refractivity contribution in [2.45, 2.75) is 37.2 Å². The molecule has 1 amide bonds. The highest BCUT2D eigenvalue weighted by molar-refractivity contribution is 7.82. The van der Waals surface area contributed by atoms with Gasteiger partial charge in [-0.15, -0.1) is 0 Å². The van der Waals surface area contributed by atoms with E-state index in [1.807, 2.05) is 84.0 Å². The highest BCUT2D eigenvalue weighted by Crippen LogP contribution is 2.36. The third-order valence-electron chi connectivity index (χ3n) is 5.90. The van der Waals surface area contributed by atoms with Crippen LogP contribution in [0.15, 0.2) is 89.8 Å². The molecule has 1 aliphatic rings. The van der Waals surface area contributed by atoms with E-state index in [1.54, 1.807) is 0 Å². The highest BCUT2D eigenvalue weighted by atomic mass is 32.2. The maximum absolute atomic E-state index is 13.7. The Morgan fingerprint density at radius 3 is 2.29 bits per heavy atom. The van der Waals surface area contributed by atoms with Crippen molar-refractivity contribution >= 4 is 16.9 Å². The molecule has 4 nitrogen and oxygen atoms in total. The van der Waals surface area contributed by atoms with Crippen LogP contribution in [0.2, 0.25) is 0 Å². The molecular weight excluding hydrogens is 404 g/mol. The van der Waals surface area contributed by atoms with Crippen molar-refractivity contribution < 1.29 is 9.00 Å². The third kappa shape index (κ3) is 5.12. The predicted octanol–water partition coefficient (Wildman–Crippen LogP) is 4.79. The van der Waals surface area contributed by atoms with Crippen LogP contribution in [0.4, 0.5) is 0 Å². The van der Waals surface area contributed by atoms with E-state index in [2.05, 4.69) is 17.4 Å². The molecule has 3 atom stereocenters. The number of nitrogens with zero attached hydrogens (tertiary/aromatic N) is 1. The van der Waals surface area contributed by atoms with Crippen molar-refractivity contribution in [3.05, 3.63) is 102 Å². The second-order valence-electron chi connectivity index (χ2n) is 8.02. The molecule has 0 aromatic heterocycles. The van der Waals surface area contributed by atoms with E-state index < -0.39 is 11.0 Å². The van der Waals surface area contributed by atoms with Crippen LogP contribution in [0.25, 0.3) is 0 Å². The molecule has 0 radical (unpaired) electrons. The lowest BCUT2D eigenvalue weighted by Gasteiger charge is -2.38. The molecule has 3 aromatic rings. The molecule has 1 unspecified atom stereocenters. The topological polar surface area (TPSA) is 49.4 Å². The summed E-state index contributed by atoms with van der Waals surface area (Å²) < 4.78 is 15.7. The van der Waals surface area contributed by atoms with E-state index in [-0.39, 0.29) is 17.9 Å². The third-order valence-corrected chi connectivity index (χ3v) is 7.56. The number of nitrogens with one attached hydrogen (secondary N) is 1. The van der Waals surface area contributed by atoms with Gasteiger partial charge in [-0.25, -0.2) is 8.51 Å². The van der Waals surface area contributed by atoms with Crippen molar-refractivity contribution in [2.24, 2.45) is 5.92 Å². The lowest BCUT2D eigenvalue weighted by Crippen LogP contribution is -2.45. The number of piperidine rings is 1. The Hall–Kier alpha value is -2.76. The first kappa shape index (κ1) is 21.5. The van der Waals surface area contributed by atoms with Gasteiger partial charge in [-0.2, -0.15) is 0 Å². The van der Waals surface area contributed by atoms with Gasteiger partial charge in [0.2, 0.25) is 5.91 Å². The number of benzene rings is 3. The molecule has 1 fully saturated rings. The standard InChI is InChI=1S/C26H28N2O2S/c1-20-10-8-9-15-25(20)31(30)28-19-23(16-17-24(28)22-13-6-3-7-14-22)26(29)27-18-21-11-4-2-5-12-21/h2-15,23-24H,16-19H2,1H3,(H,27,29)/t23-,24-,31?/m1/s1. The number of amides is 1. The summed E-state index contributed by atoms with van der Waals surface area (Å²) in [6, 6.07) is 27.9. The van der Waals surface area contributed by atoms with E-state index >= 15 is 0 Å². The Labute approximate surface area is 186 Å². The second kappa shape index (κ2) is 10.0. The number of hydrogen-bond acceptors (Lipinski definition) is 2. The van der Waals surface area contributed by atoms with Crippen LogP contribution < -0.4 is 5.32 Å². The molecule has 5 heteroatoms. The van der Waals surface area contributed by atoms with Gasteiger partial charge in [-0.05, 0) is 42.5 Å². The molecule has 0 saturated carbocycles. The summed E-state index contributed by atoms with van der Waals surface area (Å²) >= 11 is 0. The molecule has 0 bridgehead atoms. The van der Waals surface area contributed by atoms with Crippen LogP contribution in [0.3, 0.4) is 0 Å². The van der Waals surface area contributed by atoms with E-state index in [4.69, 9.17) is 0 Å². The fraction of sp³-hybridized carbons (Fsp3) is 0.269. The van der Waals surface area contributed by atoms with Crippen LogP contribution in [0.1, 0.15) is 35.6 Å². The normalized spacial score (nSPS) is 20.2. The van der Waals surface area contributed by atoms with Gasteiger partial charge in [0, 0.05) is 19.1 Å². The molecular formula is C26H28N2O2S. The summed E-state index contributed by atoms with van der Waals surface area (Å²) in [7, 11) is -1.34. The maximum Gasteiger partial charge on any atom is 0.224 e. The average Bonchev–Trinajstić information content (AvgIpc) is 2.83. The van der Waals surface area contributed by atoms with Crippen LogP contribution >= 0.6 is 0 Å². The van der Waals surface area contributed by atoms with Crippen molar-refractivity contribution in [1.82, 2.24) is 9.62 Å². The molecule has 0 spiro atoms. The minimum atomic E-state index is -1.34. The summed E-state index contributed by atoms with van der Waals surface area (Å²) in [5.41, 5.74) is 3.23. The molecule has 1 N–H and O–H groups in total. The van der Waals surface area contributed by atoms with E-state index in [1.165, 1.54) is 0 Å². The molecule has 1 heterocycles. The monoisotopic (exact) mass is 432 g/mol. The molecule has 0 aliphatic carbocycles. The summed E-state index contributed by atoms with van der Waals surface area (Å²) in [6.07, 6.45) is 1.58. The minimum Gasteiger partial charge on any atom is -0.352 e. The van der Waals surface area contributed by atoms with Gasteiger partial charge in [-0.3, -0.25) is 4.79 Å². The SMILES string of the molecule is Cc1ccccc1S(=O)N1C[C@H](C(=O)NCc2ccccc2)CC[C@@H]1c1ccccc1. The quantitative estimate of drug-likeness (QED) is 0.609. The Balaban J connectivity index is 1.54. The molecule has 1 aliphatic heterocycles. The Morgan fingerprint density at radius 2 is 1.58 bits per heavy atom. The highest BCUT2D eigenvalue weighted by Gasteiger charge is 2.36. The van der Waals surface area contributed by atoms with Gasteiger partial charge >= 0.3 is 0 Å². The second-order valence-corrected chi connectivity index (χ2v) is 9.43. The van der Waals surface area contributed by atoms with Gasteiger partial charge in [0.05, 0.1) is 10.8 Å². The fourth-order valence-corrected chi connectivity index (χ4v) is 5.72. The largest absolute Gasteiger partial charge is 0.352 e. The van der Waals surface area contributed by atoms with Gasteiger partial charge in [0.25, 0.3) is 0 Å². The van der Waals surface area contributed by atoms with E-state index in [0.29, 0.717) is 13.1 Å². The van der Waals surface area contributed by atoms with Gasteiger partial charge in [-0.1, -0.05) is 78.9 Å². The molecule has 160 valence electrons. The van der Waals surface area contributed by atoms with Crippen LogP contribution in [0.5, 0.6) is 0 Å². The Kier molecular flexibility index (Phi) is 6.95. The maximum atomic E-state index is 13.7. The summed E-state index contributed by atoms with van der Waals surface area (Å²) in [5, 5.41) is 3.07. The predicted molar refractivity (Wildman–Crippen MR) is 124 cm³/mol. The minimum absolute atomic E-state index is 0.0276. The zero-order valence-electron chi connectivity index (χ0n) is 17.7. The number of rotatable bonds is 6. The Bertz CT molecular complexity index is 1040. The fourth-order valence-electron chi connectivity index (χ4n) is 4.15. The molecule has 31 heavy (non-hydrogen) atoms. The number of carbonyl (C=O) groups is 1. The molecule has 1 saturated heterocycles. The van der Waals surface area contributed by atoms with Crippen LogP contribution in [-0.4, -0.2) is 21.0 Å². The molecule has 4 rings (SSSR count). The van der Waals surface area contributed by atoms with Crippen molar-refractivity contribution in [3.8, 4) is 0 Å². The van der Waals surface area contributed by atoms with Gasteiger partial charge in [0.1, 0.15) is 11.0 Å². The molecule has 3 aromatic carbocycles. The van der Waals surface area contributed by atoms with Gasteiger partial charge < -0.3 is 5.32 Å². The smallest absolute Gasteiger partial charge is 0.224 e.